The van der Waals surface area contributed by atoms with Crippen molar-refractivity contribution in [3.05, 3.63) is 35.0 Å². The number of aryl methyl sites for hydroxylation is 1. The molecule has 0 atom stereocenters. The van der Waals surface area contributed by atoms with Crippen LogP contribution in [0.25, 0.3) is 10.9 Å². The highest BCUT2D eigenvalue weighted by Gasteiger charge is 2.20. The molecule has 0 aliphatic heterocycles. The molecule has 2 nitrogen and oxygen atoms in total. The molecule has 0 saturated carbocycles. The summed E-state index contributed by atoms with van der Waals surface area (Å²) in [6.07, 6.45) is 3.98. The summed E-state index contributed by atoms with van der Waals surface area (Å²) in [5.41, 5.74) is 3.10. The van der Waals surface area contributed by atoms with E-state index in [1.165, 1.54) is 0 Å². The minimum absolute atomic E-state index is 0.139. The Morgan fingerprint density at radius 1 is 1.17 bits per heavy atom. The predicted molar refractivity (Wildman–Crippen MR) is 67.8 cm³/mol. The van der Waals surface area contributed by atoms with Crippen LogP contribution in [0, 0.1) is 11.6 Å². The van der Waals surface area contributed by atoms with E-state index in [0.717, 1.165) is 48.7 Å². The first-order valence-corrected chi connectivity index (χ1v) is 6.19. The van der Waals surface area contributed by atoms with E-state index in [4.69, 9.17) is 0 Å². The Morgan fingerprint density at radius 3 is 2.72 bits per heavy atom. The van der Waals surface area contributed by atoms with Crippen LogP contribution in [-0.2, 0) is 12.8 Å². The highest BCUT2D eigenvalue weighted by molar-refractivity contribution is 5.93. The summed E-state index contributed by atoms with van der Waals surface area (Å²) in [7, 11) is 1.81. The van der Waals surface area contributed by atoms with Crippen LogP contribution >= 0.6 is 0 Å². The molecule has 0 fully saturated rings. The zero-order valence-electron chi connectivity index (χ0n) is 10.2. The van der Waals surface area contributed by atoms with Gasteiger partial charge in [-0.3, -0.25) is 0 Å². The van der Waals surface area contributed by atoms with Crippen molar-refractivity contribution < 1.29 is 8.78 Å². The maximum Gasteiger partial charge on any atom is 0.185 e. The van der Waals surface area contributed by atoms with Crippen LogP contribution in [0.5, 0.6) is 0 Å². The Labute approximate surface area is 104 Å². The molecule has 0 bridgehead atoms. The minimum atomic E-state index is -0.850. The molecule has 94 valence electrons. The van der Waals surface area contributed by atoms with E-state index in [9.17, 15) is 8.78 Å². The van der Waals surface area contributed by atoms with E-state index in [-0.39, 0.29) is 5.52 Å². The largest absolute Gasteiger partial charge is 0.387 e. The van der Waals surface area contributed by atoms with Crippen LogP contribution in [0.2, 0.25) is 0 Å². The van der Waals surface area contributed by atoms with Gasteiger partial charge in [0.2, 0.25) is 0 Å². The van der Waals surface area contributed by atoms with E-state index < -0.39 is 11.6 Å². The Balaban J connectivity index is 2.40. The van der Waals surface area contributed by atoms with Gasteiger partial charge < -0.3 is 5.32 Å². The van der Waals surface area contributed by atoms with Gasteiger partial charge in [-0.25, -0.2) is 13.8 Å². The van der Waals surface area contributed by atoms with E-state index in [1.54, 1.807) is 6.07 Å². The molecule has 2 aromatic rings. The van der Waals surface area contributed by atoms with Gasteiger partial charge in [-0.15, -0.1) is 0 Å². The molecule has 3 rings (SSSR count). The molecule has 0 saturated heterocycles. The van der Waals surface area contributed by atoms with Gasteiger partial charge in [0.1, 0.15) is 5.52 Å². The highest BCUT2D eigenvalue weighted by atomic mass is 19.2. The zero-order valence-corrected chi connectivity index (χ0v) is 10.2. The maximum atomic E-state index is 13.8. The predicted octanol–water partition coefficient (Wildman–Crippen LogP) is 3.43. The lowest BCUT2D eigenvalue weighted by atomic mass is 9.92. The van der Waals surface area contributed by atoms with Gasteiger partial charge in [-0.1, -0.05) is 0 Å². The number of pyridine rings is 1. The van der Waals surface area contributed by atoms with Gasteiger partial charge in [0.25, 0.3) is 0 Å². The number of fused-ring (bicyclic) bond motifs is 2. The number of nitrogens with one attached hydrogen (secondary N) is 1. The van der Waals surface area contributed by atoms with Gasteiger partial charge >= 0.3 is 0 Å². The summed E-state index contributed by atoms with van der Waals surface area (Å²) in [6, 6.07) is 2.76. The van der Waals surface area contributed by atoms with Crippen LogP contribution in [0.15, 0.2) is 12.1 Å². The van der Waals surface area contributed by atoms with Crippen molar-refractivity contribution in [3.63, 3.8) is 0 Å². The number of hydrogen-bond donors (Lipinski definition) is 1. The molecule has 18 heavy (non-hydrogen) atoms. The average molecular weight is 248 g/mol. The number of nitrogens with zero attached hydrogens (tertiary/aromatic N) is 1. The van der Waals surface area contributed by atoms with Crippen molar-refractivity contribution in [2.75, 3.05) is 12.4 Å². The van der Waals surface area contributed by atoms with E-state index >= 15 is 0 Å². The van der Waals surface area contributed by atoms with Crippen LogP contribution in [0.4, 0.5) is 14.5 Å². The molecule has 1 N–H and O–H groups in total. The molecule has 1 aliphatic carbocycles. The summed E-state index contributed by atoms with van der Waals surface area (Å²) >= 11 is 0. The Kier molecular flexibility index (Phi) is 2.65. The first-order valence-electron chi connectivity index (χ1n) is 6.19. The number of benzene rings is 1. The Morgan fingerprint density at radius 2 is 1.94 bits per heavy atom. The van der Waals surface area contributed by atoms with Gasteiger partial charge in [-0.05, 0) is 43.4 Å². The van der Waals surface area contributed by atoms with Gasteiger partial charge in [0.15, 0.2) is 11.6 Å². The van der Waals surface area contributed by atoms with Crippen molar-refractivity contribution in [1.82, 2.24) is 4.98 Å². The Bertz CT molecular complexity index is 623. The quantitative estimate of drug-likeness (QED) is 0.836. The first kappa shape index (κ1) is 11.4. The topological polar surface area (TPSA) is 24.9 Å². The lowest BCUT2D eigenvalue weighted by Crippen LogP contribution is -2.10. The number of aromatic nitrogens is 1. The van der Waals surface area contributed by atoms with E-state index in [1.807, 2.05) is 7.05 Å². The summed E-state index contributed by atoms with van der Waals surface area (Å²) < 4.78 is 27.1. The van der Waals surface area contributed by atoms with Crippen LogP contribution in [0.3, 0.4) is 0 Å². The maximum absolute atomic E-state index is 13.8. The zero-order chi connectivity index (χ0) is 12.7. The van der Waals surface area contributed by atoms with Gasteiger partial charge in [-0.2, -0.15) is 0 Å². The first-order chi connectivity index (χ1) is 8.72. The molecule has 1 heterocycles. The third-order valence-electron chi connectivity index (χ3n) is 3.58. The SMILES string of the molecule is CNc1c2c(nc3c(F)c(F)ccc13)CCCC2. The fraction of sp³-hybridized carbons (Fsp3) is 0.357. The molecule has 0 radical (unpaired) electrons. The molecular weight excluding hydrogens is 234 g/mol. The van der Waals surface area contributed by atoms with Crippen molar-refractivity contribution >= 4 is 16.6 Å². The van der Waals surface area contributed by atoms with E-state index in [2.05, 4.69) is 10.3 Å². The molecule has 0 unspecified atom stereocenters. The van der Waals surface area contributed by atoms with Gasteiger partial charge in [0.05, 0.1) is 0 Å². The summed E-state index contributed by atoms with van der Waals surface area (Å²) in [4.78, 5) is 4.33. The summed E-state index contributed by atoms with van der Waals surface area (Å²) in [5.74, 6) is -1.69. The fourth-order valence-corrected chi connectivity index (χ4v) is 2.72. The minimum Gasteiger partial charge on any atom is -0.387 e. The molecule has 1 aromatic carbocycles. The molecule has 4 heteroatoms. The molecule has 1 aliphatic rings. The second-order valence-corrected chi connectivity index (χ2v) is 4.63. The van der Waals surface area contributed by atoms with Crippen molar-refractivity contribution in [2.24, 2.45) is 0 Å². The van der Waals surface area contributed by atoms with Gasteiger partial charge in [0, 0.05) is 23.8 Å². The Hall–Kier alpha value is -1.71. The number of anilines is 1. The lowest BCUT2D eigenvalue weighted by Gasteiger charge is -2.20. The molecule has 1 aromatic heterocycles. The second-order valence-electron chi connectivity index (χ2n) is 4.63. The average Bonchev–Trinajstić information content (AvgIpc) is 2.41. The monoisotopic (exact) mass is 248 g/mol. The fourth-order valence-electron chi connectivity index (χ4n) is 2.72. The summed E-state index contributed by atoms with van der Waals surface area (Å²) in [6.45, 7) is 0. The normalized spacial score (nSPS) is 14.6. The summed E-state index contributed by atoms with van der Waals surface area (Å²) in [5, 5.41) is 3.78. The lowest BCUT2D eigenvalue weighted by molar-refractivity contribution is 0.515. The van der Waals surface area contributed by atoms with E-state index in [0.29, 0.717) is 5.39 Å². The van der Waals surface area contributed by atoms with Crippen molar-refractivity contribution in [2.45, 2.75) is 25.7 Å². The van der Waals surface area contributed by atoms with Crippen LogP contribution < -0.4 is 5.32 Å². The third-order valence-corrected chi connectivity index (χ3v) is 3.58. The van der Waals surface area contributed by atoms with Crippen molar-refractivity contribution in [3.8, 4) is 0 Å². The molecule has 0 spiro atoms. The molecule has 0 amide bonds. The third kappa shape index (κ3) is 1.55. The van der Waals surface area contributed by atoms with Crippen LogP contribution in [0.1, 0.15) is 24.1 Å². The number of hydrogen-bond acceptors (Lipinski definition) is 2. The molecular formula is C14H14F2N2. The highest BCUT2D eigenvalue weighted by Crippen LogP contribution is 2.34. The number of rotatable bonds is 1. The second kappa shape index (κ2) is 4.19. The van der Waals surface area contributed by atoms with Crippen molar-refractivity contribution in [1.29, 1.82) is 0 Å². The standard InChI is InChI=1S/C14H14F2N2/c1-17-13-8-4-2-3-5-11(8)18-14-9(13)6-7-10(15)12(14)16/h6-7H,2-5H2,1H3,(H,17,18). The van der Waals surface area contributed by atoms with Crippen LogP contribution in [-0.4, -0.2) is 12.0 Å². The smallest absolute Gasteiger partial charge is 0.185 e. The number of halogens is 2.